The molecule has 0 fully saturated rings. The average Bonchev–Trinajstić information content (AvgIpc) is 2.76. The van der Waals surface area contributed by atoms with E-state index in [0.29, 0.717) is 17.7 Å². The van der Waals surface area contributed by atoms with Gasteiger partial charge in [0.05, 0.1) is 19.1 Å². The van der Waals surface area contributed by atoms with E-state index in [0.717, 1.165) is 16.7 Å². The molecule has 0 radical (unpaired) electrons. The van der Waals surface area contributed by atoms with Gasteiger partial charge in [0.25, 0.3) is 0 Å². The Hall–Kier alpha value is -2.40. The fourth-order valence-corrected chi connectivity index (χ4v) is 4.00. The average molecular weight is 356 g/mol. The fraction of sp³-hybridized carbons (Fsp3) is 0.429. The van der Waals surface area contributed by atoms with Crippen LogP contribution in [-0.4, -0.2) is 30.9 Å². The molecule has 2 atom stereocenters. The molecule has 0 saturated heterocycles. The molecule has 2 aliphatic rings. The van der Waals surface area contributed by atoms with Gasteiger partial charge in [-0.3, -0.25) is 9.59 Å². The number of aryl methyl sites for hydroxylation is 1. The summed E-state index contributed by atoms with van der Waals surface area (Å²) in [5.74, 6) is -1.63. The minimum Gasteiger partial charge on any atom is -0.507 e. The van der Waals surface area contributed by atoms with E-state index in [1.807, 2.05) is 25.1 Å². The number of ether oxygens (including phenoxy) is 2. The van der Waals surface area contributed by atoms with Gasteiger partial charge in [0.1, 0.15) is 11.5 Å². The van der Waals surface area contributed by atoms with E-state index in [2.05, 4.69) is 0 Å². The van der Waals surface area contributed by atoms with Crippen LogP contribution in [0.1, 0.15) is 36.6 Å². The van der Waals surface area contributed by atoms with Gasteiger partial charge in [0.2, 0.25) is 11.6 Å². The molecule has 138 valence electrons. The number of ketones is 2. The summed E-state index contributed by atoms with van der Waals surface area (Å²) in [6.07, 6.45) is 1.75. The summed E-state index contributed by atoms with van der Waals surface area (Å²) in [4.78, 5) is 25.6. The molecule has 0 spiro atoms. The van der Waals surface area contributed by atoms with E-state index in [1.54, 1.807) is 21.0 Å². The summed E-state index contributed by atoms with van der Waals surface area (Å²) in [5.41, 5.74) is 3.54. The maximum absolute atomic E-state index is 12.9. The highest BCUT2D eigenvalue weighted by Crippen LogP contribution is 2.45. The molecule has 1 N–H and O–H groups in total. The minimum absolute atomic E-state index is 0.0749. The topological polar surface area (TPSA) is 72.8 Å². The lowest BCUT2D eigenvalue weighted by Gasteiger charge is -2.31. The molecule has 0 aromatic heterocycles. The monoisotopic (exact) mass is 356 g/mol. The molecule has 1 aromatic carbocycles. The van der Waals surface area contributed by atoms with Gasteiger partial charge in [-0.25, -0.2) is 0 Å². The second kappa shape index (κ2) is 6.72. The molecular formula is C21H24O5. The Labute approximate surface area is 153 Å². The highest BCUT2D eigenvalue weighted by atomic mass is 16.5. The largest absolute Gasteiger partial charge is 0.507 e. The van der Waals surface area contributed by atoms with Crippen molar-refractivity contribution < 1.29 is 24.2 Å². The first-order chi connectivity index (χ1) is 12.3. The van der Waals surface area contributed by atoms with Crippen LogP contribution in [0.25, 0.3) is 0 Å². The van der Waals surface area contributed by atoms with Crippen LogP contribution in [-0.2, 0) is 20.7 Å². The molecule has 0 unspecified atom stereocenters. The number of fused-ring (bicyclic) bond motifs is 2. The number of Topliss-reactive ketones (excluding diaryl/α,β-unsaturated/α-hetero) is 2. The number of carbonyl (C=O) groups is 2. The van der Waals surface area contributed by atoms with E-state index >= 15 is 0 Å². The number of allylic oxidation sites excluding steroid dienone is 3. The fourth-order valence-electron chi connectivity index (χ4n) is 4.00. The predicted octanol–water partition coefficient (Wildman–Crippen LogP) is 3.41. The van der Waals surface area contributed by atoms with Crippen LogP contribution in [0.15, 0.2) is 35.1 Å². The molecule has 0 bridgehead atoms. The van der Waals surface area contributed by atoms with Gasteiger partial charge in [-0.1, -0.05) is 19.9 Å². The van der Waals surface area contributed by atoms with Crippen LogP contribution >= 0.6 is 0 Å². The Morgan fingerprint density at radius 3 is 2.46 bits per heavy atom. The third kappa shape index (κ3) is 2.67. The van der Waals surface area contributed by atoms with Crippen molar-refractivity contribution in [1.29, 1.82) is 0 Å². The van der Waals surface area contributed by atoms with Crippen molar-refractivity contribution in [3.63, 3.8) is 0 Å². The summed E-state index contributed by atoms with van der Waals surface area (Å²) >= 11 is 0. The van der Waals surface area contributed by atoms with Crippen molar-refractivity contribution in [2.75, 3.05) is 14.2 Å². The quantitative estimate of drug-likeness (QED) is 0.840. The zero-order valence-corrected chi connectivity index (χ0v) is 15.8. The number of aliphatic hydroxyl groups is 1. The molecule has 26 heavy (non-hydrogen) atoms. The molecule has 2 aliphatic carbocycles. The van der Waals surface area contributed by atoms with Crippen LogP contribution in [0.2, 0.25) is 0 Å². The molecule has 5 heteroatoms. The lowest BCUT2D eigenvalue weighted by molar-refractivity contribution is -0.139. The lowest BCUT2D eigenvalue weighted by Crippen LogP contribution is -2.38. The molecule has 0 aliphatic heterocycles. The highest BCUT2D eigenvalue weighted by molar-refractivity contribution is 6.46. The number of methoxy groups -OCH3 is 2. The molecule has 0 amide bonds. The molecular weight excluding hydrogens is 332 g/mol. The second-order valence-corrected chi connectivity index (χ2v) is 7.12. The normalized spacial score (nSPS) is 22.8. The van der Waals surface area contributed by atoms with Crippen molar-refractivity contribution >= 4 is 11.6 Å². The van der Waals surface area contributed by atoms with Crippen molar-refractivity contribution in [1.82, 2.24) is 0 Å². The number of benzene rings is 1. The van der Waals surface area contributed by atoms with E-state index < -0.39 is 23.6 Å². The molecule has 1 aromatic rings. The second-order valence-electron chi connectivity index (χ2n) is 7.12. The maximum atomic E-state index is 12.9. The van der Waals surface area contributed by atoms with Gasteiger partial charge in [-0.05, 0) is 48.1 Å². The standard InChI is InChI=1S/C21H24O5/c1-10(2)16-18(22)14-7-6-13-11(3)8-12(25-4)9-15(13)21(26-5)17(14)20(24)19(16)23/h7-10,17,21-22H,6H2,1-5H3/t17-,21-/m1/s1. The van der Waals surface area contributed by atoms with Gasteiger partial charge in [-0.2, -0.15) is 0 Å². The Kier molecular flexibility index (Phi) is 4.76. The van der Waals surface area contributed by atoms with Gasteiger partial charge >= 0.3 is 0 Å². The zero-order valence-electron chi connectivity index (χ0n) is 15.8. The van der Waals surface area contributed by atoms with Crippen molar-refractivity contribution in [2.45, 2.75) is 33.3 Å². The molecule has 0 heterocycles. The van der Waals surface area contributed by atoms with Crippen LogP contribution in [0.5, 0.6) is 5.75 Å². The first-order valence-corrected chi connectivity index (χ1v) is 8.74. The molecule has 5 nitrogen and oxygen atoms in total. The Bertz CT molecular complexity index is 844. The number of hydrogen-bond donors (Lipinski definition) is 1. The number of hydrogen-bond acceptors (Lipinski definition) is 5. The van der Waals surface area contributed by atoms with Crippen molar-refractivity contribution in [3.8, 4) is 5.75 Å². The summed E-state index contributed by atoms with van der Waals surface area (Å²) in [7, 11) is 3.10. The van der Waals surface area contributed by atoms with E-state index in [4.69, 9.17) is 9.47 Å². The first kappa shape index (κ1) is 18.4. The number of aliphatic hydroxyl groups excluding tert-OH is 1. The summed E-state index contributed by atoms with van der Waals surface area (Å²) in [6, 6.07) is 3.78. The summed E-state index contributed by atoms with van der Waals surface area (Å²) in [5, 5.41) is 10.8. The van der Waals surface area contributed by atoms with Crippen LogP contribution < -0.4 is 4.74 Å². The summed E-state index contributed by atoms with van der Waals surface area (Å²) in [6.45, 7) is 5.57. The van der Waals surface area contributed by atoms with Gasteiger partial charge in [0.15, 0.2) is 0 Å². The van der Waals surface area contributed by atoms with Crippen LogP contribution in [0, 0.1) is 18.8 Å². The SMILES string of the molecule is COc1cc(C)c2c(c1)[C@@H](OC)[C@H]1C(=O)C(=O)C(C(C)C)=C(O)C1=CC2. The van der Waals surface area contributed by atoms with E-state index in [1.165, 1.54) is 7.11 Å². The third-order valence-electron chi connectivity index (χ3n) is 5.30. The van der Waals surface area contributed by atoms with E-state index in [-0.39, 0.29) is 17.3 Å². The summed E-state index contributed by atoms with van der Waals surface area (Å²) < 4.78 is 11.0. The van der Waals surface area contributed by atoms with Gasteiger partial charge in [-0.15, -0.1) is 0 Å². The molecule has 3 rings (SSSR count). The van der Waals surface area contributed by atoms with Crippen molar-refractivity contribution in [3.05, 3.63) is 51.8 Å². The number of carbonyl (C=O) groups excluding carboxylic acids is 2. The molecule has 0 saturated carbocycles. The zero-order chi connectivity index (χ0) is 19.2. The van der Waals surface area contributed by atoms with Crippen LogP contribution in [0.4, 0.5) is 0 Å². The predicted molar refractivity (Wildman–Crippen MR) is 97.3 cm³/mol. The minimum atomic E-state index is -0.845. The maximum Gasteiger partial charge on any atom is 0.229 e. The smallest absolute Gasteiger partial charge is 0.229 e. The van der Waals surface area contributed by atoms with Crippen molar-refractivity contribution in [2.24, 2.45) is 11.8 Å². The Balaban J connectivity index is 2.25. The lowest BCUT2D eigenvalue weighted by atomic mass is 9.75. The van der Waals surface area contributed by atoms with Gasteiger partial charge in [0, 0.05) is 18.3 Å². The highest BCUT2D eigenvalue weighted by Gasteiger charge is 2.46. The first-order valence-electron chi connectivity index (χ1n) is 8.74. The van der Waals surface area contributed by atoms with Crippen LogP contribution in [0.3, 0.4) is 0 Å². The third-order valence-corrected chi connectivity index (χ3v) is 5.30. The van der Waals surface area contributed by atoms with Gasteiger partial charge < -0.3 is 14.6 Å². The Morgan fingerprint density at radius 2 is 1.88 bits per heavy atom. The Morgan fingerprint density at radius 1 is 1.19 bits per heavy atom. The number of rotatable bonds is 3. The van der Waals surface area contributed by atoms with E-state index in [9.17, 15) is 14.7 Å².